The molecule has 1 aromatic rings. The largest absolute Gasteiger partial charge is 0.346 e. The second kappa shape index (κ2) is 8.54. The molecule has 1 aliphatic rings. The number of carbonyl (C=O) groups is 3. The van der Waals surface area contributed by atoms with Gasteiger partial charge in [-0.15, -0.1) is 0 Å². The van der Waals surface area contributed by atoms with Crippen LogP contribution in [0.25, 0.3) is 0 Å². The molecule has 3 amide bonds. The molecule has 0 atom stereocenters. The van der Waals surface area contributed by atoms with Crippen LogP contribution in [-0.2, 0) is 20.8 Å². The van der Waals surface area contributed by atoms with Crippen molar-refractivity contribution in [3.63, 3.8) is 0 Å². The number of nitrogens with one attached hydrogen (secondary N) is 1. The number of hydrogen-bond donors (Lipinski definition) is 1. The van der Waals surface area contributed by atoms with Crippen molar-refractivity contribution in [3.8, 4) is 0 Å². The van der Waals surface area contributed by atoms with Gasteiger partial charge in [0.2, 0.25) is 5.91 Å². The highest BCUT2D eigenvalue weighted by Crippen LogP contribution is 2.25. The minimum atomic E-state index is -0.613. The highest BCUT2D eigenvalue weighted by molar-refractivity contribution is 6.36. The van der Waals surface area contributed by atoms with E-state index in [1.807, 2.05) is 0 Å². The Morgan fingerprint density at radius 2 is 1.56 bits per heavy atom. The lowest BCUT2D eigenvalue weighted by Crippen LogP contribution is -2.54. The normalized spacial score (nSPS) is 14.6. The van der Waals surface area contributed by atoms with Crippen LogP contribution in [0.5, 0.6) is 0 Å². The van der Waals surface area contributed by atoms with Crippen molar-refractivity contribution in [2.75, 3.05) is 26.2 Å². The van der Waals surface area contributed by atoms with Gasteiger partial charge < -0.3 is 15.1 Å². The molecule has 0 spiro atoms. The Morgan fingerprint density at radius 3 is 2.08 bits per heavy atom. The first-order valence-corrected chi connectivity index (χ1v) is 8.85. The minimum absolute atomic E-state index is 0.0975. The summed E-state index contributed by atoms with van der Waals surface area (Å²) in [5.41, 5.74) is 0.602. The van der Waals surface area contributed by atoms with Gasteiger partial charge in [0.05, 0.1) is 6.42 Å². The lowest BCUT2D eigenvalue weighted by atomic mass is 10.1. The predicted molar refractivity (Wildman–Crippen MR) is 96.6 cm³/mol. The zero-order chi connectivity index (χ0) is 18.6. The summed E-state index contributed by atoms with van der Waals surface area (Å²) in [6.45, 7) is 4.99. The molecule has 1 N–H and O–H groups in total. The van der Waals surface area contributed by atoms with Crippen molar-refractivity contribution in [3.05, 3.63) is 33.8 Å². The molecule has 1 heterocycles. The summed E-state index contributed by atoms with van der Waals surface area (Å²) < 4.78 is 0. The number of piperazine rings is 1. The molecule has 8 heteroatoms. The first-order chi connectivity index (χ1) is 11.8. The third-order valence-corrected chi connectivity index (χ3v) is 4.63. The van der Waals surface area contributed by atoms with Gasteiger partial charge in [-0.1, -0.05) is 29.3 Å². The standard InChI is InChI=1S/C17H21Cl2N3O3/c1-11(2)20-16(24)17(25)22-8-6-21(7-9-22)15(23)10-12-13(18)4-3-5-14(12)19/h3-5,11H,6-10H2,1-2H3,(H,20,24). The van der Waals surface area contributed by atoms with Crippen LogP contribution >= 0.6 is 23.2 Å². The number of benzene rings is 1. The van der Waals surface area contributed by atoms with Crippen molar-refractivity contribution in [1.29, 1.82) is 0 Å². The molecule has 0 unspecified atom stereocenters. The van der Waals surface area contributed by atoms with Crippen LogP contribution in [0, 0.1) is 0 Å². The van der Waals surface area contributed by atoms with Gasteiger partial charge in [0, 0.05) is 42.3 Å². The van der Waals surface area contributed by atoms with E-state index in [0.717, 1.165) is 0 Å². The fourth-order valence-electron chi connectivity index (χ4n) is 2.59. The van der Waals surface area contributed by atoms with Gasteiger partial charge in [-0.2, -0.15) is 0 Å². The number of hydrogen-bond acceptors (Lipinski definition) is 3. The lowest BCUT2D eigenvalue weighted by molar-refractivity contribution is -0.148. The number of rotatable bonds is 3. The third-order valence-electron chi connectivity index (χ3n) is 3.92. The van der Waals surface area contributed by atoms with Gasteiger partial charge in [0.15, 0.2) is 0 Å². The van der Waals surface area contributed by atoms with Crippen LogP contribution in [0.4, 0.5) is 0 Å². The molecule has 0 radical (unpaired) electrons. The maximum atomic E-state index is 12.5. The van der Waals surface area contributed by atoms with Gasteiger partial charge in [-0.05, 0) is 31.5 Å². The van der Waals surface area contributed by atoms with Crippen LogP contribution in [-0.4, -0.2) is 59.7 Å². The highest BCUT2D eigenvalue weighted by atomic mass is 35.5. The Kier molecular flexibility index (Phi) is 6.67. The SMILES string of the molecule is CC(C)NC(=O)C(=O)N1CCN(C(=O)Cc2c(Cl)cccc2Cl)CC1. The van der Waals surface area contributed by atoms with Gasteiger partial charge in [0.1, 0.15) is 0 Å². The molecule has 1 fully saturated rings. The molecule has 1 aliphatic heterocycles. The first-order valence-electron chi connectivity index (χ1n) is 8.10. The molecule has 2 rings (SSSR count). The van der Waals surface area contributed by atoms with Gasteiger partial charge >= 0.3 is 11.8 Å². The zero-order valence-electron chi connectivity index (χ0n) is 14.2. The molecule has 25 heavy (non-hydrogen) atoms. The summed E-state index contributed by atoms with van der Waals surface area (Å²) >= 11 is 12.2. The van der Waals surface area contributed by atoms with E-state index in [1.54, 1.807) is 36.9 Å². The molecule has 0 bridgehead atoms. The van der Waals surface area contributed by atoms with Crippen molar-refractivity contribution in [1.82, 2.24) is 15.1 Å². The molecule has 1 saturated heterocycles. The number of nitrogens with zero attached hydrogens (tertiary/aromatic N) is 2. The van der Waals surface area contributed by atoms with E-state index < -0.39 is 11.8 Å². The minimum Gasteiger partial charge on any atom is -0.346 e. The van der Waals surface area contributed by atoms with Crippen LogP contribution < -0.4 is 5.32 Å². The Labute approximate surface area is 157 Å². The molecule has 1 aromatic carbocycles. The van der Waals surface area contributed by atoms with E-state index in [2.05, 4.69) is 5.32 Å². The quantitative estimate of drug-likeness (QED) is 0.805. The van der Waals surface area contributed by atoms with E-state index >= 15 is 0 Å². The number of amides is 3. The van der Waals surface area contributed by atoms with Crippen LogP contribution in [0.2, 0.25) is 10.0 Å². The Morgan fingerprint density at radius 1 is 1.04 bits per heavy atom. The summed E-state index contributed by atoms with van der Waals surface area (Å²) in [6, 6.07) is 5.02. The lowest BCUT2D eigenvalue weighted by Gasteiger charge is -2.34. The predicted octanol–water partition coefficient (Wildman–Crippen LogP) is 1.73. The topological polar surface area (TPSA) is 69.7 Å². The average Bonchev–Trinajstić information content (AvgIpc) is 2.57. The average molecular weight is 386 g/mol. The van der Waals surface area contributed by atoms with Gasteiger partial charge in [-0.25, -0.2) is 0 Å². The second-order valence-electron chi connectivity index (χ2n) is 6.18. The maximum absolute atomic E-state index is 12.5. The van der Waals surface area contributed by atoms with Crippen LogP contribution in [0.15, 0.2) is 18.2 Å². The summed E-state index contributed by atoms with van der Waals surface area (Å²) in [6.07, 6.45) is 0.111. The van der Waals surface area contributed by atoms with Gasteiger partial charge in [-0.3, -0.25) is 14.4 Å². The van der Waals surface area contributed by atoms with E-state index in [-0.39, 0.29) is 18.4 Å². The van der Waals surface area contributed by atoms with Crippen molar-refractivity contribution >= 4 is 40.9 Å². The highest BCUT2D eigenvalue weighted by Gasteiger charge is 2.28. The Bertz CT molecular complexity index is 651. The van der Waals surface area contributed by atoms with E-state index in [1.165, 1.54) is 4.90 Å². The summed E-state index contributed by atoms with van der Waals surface area (Å²) in [4.78, 5) is 39.4. The Hall–Kier alpha value is -1.79. The fraction of sp³-hybridized carbons (Fsp3) is 0.471. The maximum Gasteiger partial charge on any atom is 0.312 e. The smallest absolute Gasteiger partial charge is 0.312 e. The molecular weight excluding hydrogens is 365 g/mol. The van der Waals surface area contributed by atoms with Crippen molar-refractivity contribution in [2.45, 2.75) is 26.3 Å². The molecular formula is C17H21Cl2N3O3. The second-order valence-corrected chi connectivity index (χ2v) is 6.99. The van der Waals surface area contributed by atoms with Crippen molar-refractivity contribution in [2.24, 2.45) is 0 Å². The first kappa shape index (κ1) is 19.5. The third kappa shape index (κ3) is 5.09. The number of carbonyl (C=O) groups excluding carboxylic acids is 3. The van der Waals surface area contributed by atoms with Gasteiger partial charge in [0.25, 0.3) is 0 Å². The van der Waals surface area contributed by atoms with E-state index in [4.69, 9.17) is 23.2 Å². The molecule has 0 aliphatic carbocycles. The fourth-order valence-corrected chi connectivity index (χ4v) is 3.12. The summed E-state index contributed by atoms with van der Waals surface area (Å²) in [5.74, 6) is -1.28. The zero-order valence-corrected chi connectivity index (χ0v) is 15.7. The Balaban J connectivity index is 1.90. The molecule has 0 saturated carbocycles. The van der Waals surface area contributed by atoms with Crippen LogP contribution in [0.1, 0.15) is 19.4 Å². The summed E-state index contributed by atoms with van der Waals surface area (Å²) in [7, 11) is 0. The number of halogens is 2. The van der Waals surface area contributed by atoms with Crippen molar-refractivity contribution < 1.29 is 14.4 Å². The summed E-state index contributed by atoms with van der Waals surface area (Å²) in [5, 5.41) is 3.50. The van der Waals surface area contributed by atoms with E-state index in [9.17, 15) is 14.4 Å². The van der Waals surface area contributed by atoms with E-state index in [0.29, 0.717) is 41.8 Å². The molecule has 136 valence electrons. The molecule has 6 nitrogen and oxygen atoms in total. The molecule has 0 aromatic heterocycles. The van der Waals surface area contributed by atoms with Crippen LogP contribution in [0.3, 0.4) is 0 Å². The monoisotopic (exact) mass is 385 g/mol.